The van der Waals surface area contributed by atoms with Crippen LogP contribution in [0.5, 0.6) is 5.88 Å². The van der Waals surface area contributed by atoms with Crippen molar-refractivity contribution >= 4 is 40.6 Å². The van der Waals surface area contributed by atoms with E-state index in [4.69, 9.17) is 32.9 Å². The van der Waals surface area contributed by atoms with Crippen molar-refractivity contribution < 1.29 is 14.3 Å². The van der Waals surface area contributed by atoms with Crippen LogP contribution in [0.2, 0.25) is 10.0 Å². The summed E-state index contributed by atoms with van der Waals surface area (Å²) in [4.78, 5) is 44.0. The third kappa shape index (κ3) is 5.94. The molecule has 1 amide bonds. The second-order valence-electron chi connectivity index (χ2n) is 10.2. The summed E-state index contributed by atoms with van der Waals surface area (Å²) >= 11 is 13.7. The van der Waals surface area contributed by atoms with E-state index in [1.165, 1.54) is 19.3 Å². The molecular weight excluding hydrogens is 577 g/mol. The summed E-state index contributed by atoms with van der Waals surface area (Å²) in [7, 11) is 3.05. The third-order valence-electron chi connectivity index (χ3n) is 7.44. The van der Waals surface area contributed by atoms with Crippen LogP contribution in [0.15, 0.2) is 65.6 Å². The molecule has 0 saturated carbocycles. The molecule has 3 heterocycles. The standard InChI is InChI=1S/C31H29Cl2N5O4/c1-18(39)19-13-15-38(16-19)17-20-10-11-25(36-30(20)42-3)23-8-4-6-21(27(23)32)22-7-5-9-26(28(22)33)35-29(40)24-12-14-34-37(2)31(24)41/h4-12,14,19H,13,15-17H2,1-3H3,(H,35,40)/t19-/m1/s1. The van der Waals surface area contributed by atoms with E-state index in [1.54, 1.807) is 32.2 Å². The number of carbonyl (C=O) groups is 2. The summed E-state index contributed by atoms with van der Waals surface area (Å²) in [5, 5.41) is 7.27. The van der Waals surface area contributed by atoms with E-state index < -0.39 is 11.5 Å². The van der Waals surface area contributed by atoms with Crippen molar-refractivity contribution in [3.8, 4) is 28.3 Å². The van der Waals surface area contributed by atoms with Gasteiger partial charge in [0.15, 0.2) is 0 Å². The van der Waals surface area contributed by atoms with Crippen LogP contribution in [0, 0.1) is 5.92 Å². The molecule has 1 fully saturated rings. The van der Waals surface area contributed by atoms with Crippen molar-refractivity contribution in [3.63, 3.8) is 0 Å². The zero-order chi connectivity index (χ0) is 30.0. The highest BCUT2D eigenvalue weighted by Crippen LogP contribution is 2.41. The van der Waals surface area contributed by atoms with Gasteiger partial charge in [0.1, 0.15) is 11.3 Å². The first-order valence-corrected chi connectivity index (χ1v) is 14.1. The molecule has 1 atom stereocenters. The van der Waals surface area contributed by atoms with E-state index in [0.717, 1.165) is 29.8 Å². The lowest BCUT2D eigenvalue weighted by atomic mass is 10.00. The second-order valence-corrected chi connectivity index (χ2v) is 10.9. The Morgan fingerprint density at radius 1 is 1.02 bits per heavy atom. The molecule has 2 aromatic carbocycles. The molecule has 216 valence electrons. The van der Waals surface area contributed by atoms with E-state index in [0.29, 0.717) is 45.5 Å². The number of aryl methyl sites for hydroxylation is 1. The van der Waals surface area contributed by atoms with Gasteiger partial charge in [0.25, 0.3) is 11.5 Å². The first-order chi connectivity index (χ1) is 20.2. The Hall–Kier alpha value is -4.05. The minimum atomic E-state index is -0.598. The monoisotopic (exact) mass is 605 g/mol. The van der Waals surface area contributed by atoms with Crippen molar-refractivity contribution in [2.45, 2.75) is 19.9 Å². The Bertz CT molecular complexity index is 1740. The molecule has 0 aliphatic carbocycles. The number of ketones is 1. The fraction of sp³-hybridized carbons (Fsp3) is 0.258. The van der Waals surface area contributed by atoms with Crippen LogP contribution in [-0.4, -0.2) is 51.6 Å². The van der Waals surface area contributed by atoms with Gasteiger partial charge in [0.2, 0.25) is 5.88 Å². The van der Waals surface area contributed by atoms with Gasteiger partial charge < -0.3 is 10.1 Å². The quantitative estimate of drug-likeness (QED) is 0.283. The molecule has 0 unspecified atom stereocenters. The van der Waals surface area contributed by atoms with Gasteiger partial charge in [-0.05, 0) is 38.1 Å². The maximum absolute atomic E-state index is 12.9. The maximum atomic E-state index is 12.9. The first kappa shape index (κ1) is 29.4. The van der Waals surface area contributed by atoms with Gasteiger partial charge in [0, 0.05) is 54.5 Å². The van der Waals surface area contributed by atoms with Crippen LogP contribution < -0.4 is 15.6 Å². The topological polar surface area (TPSA) is 106 Å². The number of amides is 1. The highest BCUT2D eigenvalue weighted by Gasteiger charge is 2.26. The largest absolute Gasteiger partial charge is 0.481 e. The Balaban J connectivity index is 1.43. The zero-order valence-electron chi connectivity index (χ0n) is 23.4. The van der Waals surface area contributed by atoms with Gasteiger partial charge in [0.05, 0.1) is 28.5 Å². The number of hydrogen-bond donors (Lipinski definition) is 1. The summed E-state index contributed by atoms with van der Waals surface area (Å²) in [6.45, 7) is 3.86. The van der Waals surface area contributed by atoms with Gasteiger partial charge in [-0.3, -0.25) is 19.3 Å². The van der Waals surface area contributed by atoms with Crippen molar-refractivity contribution in [3.05, 3.63) is 92.3 Å². The van der Waals surface area contributed by atoms with Crippen LogP contribution in [0.1, 0.15) is 29.3 Å². The number of Topliss-reactive ketones (excluding diaryl/α,β-unsaturated/α-hetero) is 1. The van der Waals surface area contributed by atoms with Crippen LogP contribution >= 0.6 is 23.2 Å². The Kier molecular flexibility index (Phi) is 8.72. The number of benzene rings is 2. The molecular formula is C31H29Cl2N5O4. The number of anilines is 1. The number of rotatable bonds is 8. The first-order valence-electron chi connectivity index (χ1n) is 13.4. The summed E-state index contributed by atoms with van der Waals surface area (Å²) < 4.78 is 6.72. The van der Waals surface area contributed by atoms with Crippen molar-refractivity contribution in [1.82, 2.24) is 19.7 Å². The third-order valence-corrected chi connectivity index (χ3v) is 8.25. The summed E-state index contributed by atoms with van der Waals surface area (Å²) in [6.07, 6.45) is 2.24. The smallest absolute Gasteiger partial charge is 0.279 e. The number of nitrogens with one attached hydrogen (secondary N) is 1. The van der Waals surface area contributed by atoms with Crippen molar-refractivity contribution in [2.75, 3.05) is 25.5 Å². The summed E-state index contributed by atoms with van der Waals surface area (Å²) in [5.41, 5.74) is 3.23. The summed E-state index contributed by atoms with van der Waals surface area (Å²) in [6, 6.07) is 16.0. The lowest BCUT2D eigenvalue weighted by molar-refractivity contribution is -0.120. The lowest BCUT2D eigenvalue weighted by Crippen LogP contribution is -2.28. The Morgan fingerprint density at radius 3 is 2.45 bits per heavy atom. The molecule has 1 aliphatic heterocycles. The highest BCUT2D eigenvalue weighted by molar-refractivity contribution is 6.39. The number of hydrogen-bond acceptors (Lipinski definition) is 7. The predicted octanol–water partition coefficient (Wildman–Crippen LogP) is 5.49. The number of methoxy groups -OCH3 is 1. The lowest BCUT2D eigenvalue weighted by Gasteiger charge is -2.18. The fourth-order valence-electron chi connectivity index (χ4n) is 5.11. The number of halogens is 2. The minimum Gasteiger partial charge on any atom is -0.481 e. The molecule has 11 heteroatoms. The molecule has 1 N–H and O–H groups in total. The van der Waals surface area contributed by atoms with E-state index in [-0.39, 0.29) is 22.3 Å². The predicted molar refractivity (Wildman–Crippen MR) is 163 cm³/mol. The zero-order valence-corrected chi connectivity index (χ0v) is 24.9. The average Bonchev–Trinajstić information content (AvgIpc) is 3.45. The Labute approximate surface area is 253 Å². The van der Waals surface area contributed by atoms with Crippen LogP contribution in [0.25, 0.3) is 22.4 Å². The van der Waals surface area contributed by atoms with E-state index in [9.17, 15) is 14.4 Å². The van der Waals surface area contributed by atoms with Crippen LogP contribution in [0.4, 0.5) is 5.69 Å². The molecule has 0 spiro atoms. The number of carbonyl (C=O) groups excluding carboxylic acids is 2. The summed E-state index contributed by atoms with van der Waals surface area (Å²) in [5.74, 6) is 0.190. The SMILES string of the molecule is COc1nc(-c2cccc(-c3cccc(NC(=O)c4ccnn(C)c4=O)c3Cl)c2Cl)ccc1CN1CC[C@@H](C(C)=O)C1. The molecule has 1 aliphatic rings. The van der Waals surface area contributed by atoms with Gasteiger partial charge in [-0.15, -0.1) is 0 Å². The van der Waals surface area contributed by atoms with Gasteiger partial charge in [-0.25, -0.2) is 9.67 Å². The molecule has 0 bridgehead atoms. The molecule has 42 heavy (non-hydrogen) atoms. The van der Waals surface area contributed by atoms with Crippen LogP contribution in [0.3, 0.4) is 0 Å². The van der Waals surface area contributed by atoms with Crippen molar-refractivity contribution in [1.29, 1.82) is 0 Å². The van der Waals surface area contributed by atoms with E-state index in [2.05, 4.69) is 15.3 Å². The number of aromatic nitrogens is 3. The highest BCUT2D eigenvalue weighted by atomic mass is 35.5. The van der Waals surface area contributed by atoms with Gasteiger partial charge in [-0.1, -0.05) is 59.6 Å². The van der Waals surface area contributed by atoms with Gasteiger partial charge >= 0.3 is 0 Å². The average molecular weight is 607 g/mol. The Morgan fingerprint density at radius 2 is 1.74 bits per heavy atom. The molecule has 2 aromatic heterocycles. The maximum Gasteiger partial charge on any atom is 0.279 e. The number of pyridine rings is 1. The normalized spacial score (nSPS) is 15.0. The second kappa shape index (κ2) is 12.4. The van der Waals surface area contributed by atoms with Gasteiger partial charge in [-0.2, -0.15) is 5.10 Å². The molecule has 1 saturated heterocycles. The van der Waals surface area contributed by atoms with Crippen LogP contribution in [-0.2, 0) is 18.4 Å². The molecule has 0 radical (unpaired) electrons. The van der Waals surface area contributed by atoms with E-state index in [1.807, 2.05) is 30.3 Å². The number of ether oxygens (including phenoxy) is 1. The molecule has 4 aromatic rings. The molecule has 5 rings (SSSR count). The van der Waals surface area contributed by atoms with E-state index >= 15 is 0 Å². The minimum absolute atomic E-state index is 0.0548. The number of likely N-dealkylation sites (tertiary alicyclic amines) is 1. The van der Waals surface area contributed by atoms with Crippen molar-refractivity contribution in [2.24, 2.45) is 13.0 Å². The molecule has 9 nitrogen and oxygen atoms in total. The fourth-order valence-corrected chi connectivity index (χ4v) is 5.71. The number of nitrogens with zero attached hydrogens (tertiary/aromatic N) is 4.